The van der Waals surface area contributed by atoms with E-state index in [4.69, 9.17) is 19.2 Å². The number of para-hydroxylation sites is 1. The first-order valence-electron chi connectivity index (χ1n) is 10.4. The van der Waals surface area contributed by atoms with Gasteiger partial charge < -0.3 is 19.5 Å². The molecule has 0 fully saturated rings. The topological polar surface area (TPSA) is 166 Å². The molecule has 0 aliphatic rings. The molecular formula is C22H26N4O8S. The minimum Gasteiger partial charge on any atom is -0.489 e. The Labute approximate surface area is 202 Å². The number of carbonyl (C=O) groups is 2. The SMILES string of the molecule is COC(=O)CCOCc1cccc(OCCOS(=O)(=O)c2ccc(C)cc2)c1NC(=O)CN=[N+]=[N-]. The number of esters is 1. The molecule has 0 unspecified atom stereocenters. The Morgan fingerprint density at radius 2 is 1.83 bits per heavy atom. The Kier molecular flexibility index (Phi) is 11.0. The molecule has 0 aromatic heterocycles. The third kappa shape index (κ3) is 9.26. The molecule has 0 heterocycles. The number of nitrogens with zero attached hydrogens (tertiary/aromatic N) is 3. The number of hydrogen-bond acceptors (Lipinski definition) is 9. The molecule has 0 saturated carbocycles. The van der Waals surface area contributed by atoms with Gasteiger partial charge in [0.1, 0.15) is 25.5 Å². The average Bonchev–Trinajstić information content (AvgIpc) is 2.84. The Hall–Kier alpha value is -3.64. The molecule has 12 nitrogen and oxygen atoms in total. The molecule has 188 valence electrons. The second-order valence-corrected chi connectivity index (χ2v) is 8.66. The van der Waals surface area contributed by atoms with Crippen LogP contribution < -0.4 is 10.1 Å². The van der Waals surface area contributed by atoms with Crippen molar-refractivity contribution in [1.82, 2.24) is 0 Å². The number of ether oxygens (including phenoxy) is 3. The van der Waals surface area contributed by atoms with Gasteiger partial charge in [-0.2, -0.15) is 8.42 Å². The standard InChI is InChI=1S/C22H26N4O8S/c1-16-6-8-18(9-7-16)35(29,30)34-13-12-33-19-5-3-4-17(15-32-11-10-21(28)31-2)22(19)25-20(27)14-24-26-23/h3-9H,10-15H2,1-2H3,(H,25,27). The number of aryl methyl sites for hydroxylation is 1. The smallest absolute Gasteiger partial charge is 0.307 e. The lowest BCUT2D eigenvalue weighted by Crippen LogP contribution is -2.18. The molecule has 0 radical (unpaired) electrons. The highest BCUT2D eigenvalue weighted by molar-refractivity contribution is 7.86. The number of amides is 1. The largest absolute Gasteiger partial charge is 0.489 e. The molecule has 35 heavy (non-hydrogen) atoms. The van der Waals surface area contributed by atoms with Crippen molar-refractivity contribution in [3.05, 3.63) is 64.0 Å². The lowest BCUT2D eigenvalue weighted by Gasteiger charge is -2.16. The van der Waals surface area contributed by atoms with E-state index < -0.39 is 28.5 Å². The first-order chi connectivity index (χ1) is 16.8. The van der Waals surface area contributed by atoms with Crippen LogP contribution in [0.2, 0.25) is 0 Å². The van der Waals surface area contributed by atoms with Crippen molar-refractivity contribution < 1.29 is 36.4 Å². The third-order valence-corrected chi connectivity index (χ3v) is 5.81. The van der Waals surface area contributed by atoms with E-state index in [0.717, 1.165) is 5.56 Å². The summed E-state index contributed by atoms with van der Waals surface area (Å²) >= 11 is 0. The second-order valence-electron chi connectivity index (χ2n) is 7.04. The van der Waals surface area contributed by atoms with Crippen molar-refractivity contribution in [2.24, 2.45) is 5.11 Å². The number of hydrogen-bond donors (Lipinski definition) is 1. The number of azide groups is 1. The first-order valence-corrected chi connectivity index (χ1v) is 11.8. The summed E-state index contributed by atoms with van der Waals surface area (Å²) in [5, 5.41) is 5.83. The van der Waals surface area contributed by atoms with Gasteiger partial charge in [-0.25, -0.2) is 0 Å². The highest BCUT2D eigenvalue weighted by Crippen LogP contribution is 2.29. The second kappa shape index (κ2) is 13.9. The summed E-state index contributed by atoms with van der Waals surface area (Å²) in [6, 6.07) is 11.1. The van der Waals surface area contributed by atoms with Gasteiger partial charge in [0, 0.05) is 10.5 Å². The number of methoxy groups -OCH3 is 1. The monoisotopic (exact) mass is 506 g/mol. The van der Waals surface area contributed by atoms with E-state index >= 15 is 0 Å². The van der Waals surface area contributed by atoms with Crippen LogP contribution in [0.4, 0.5) is 5.69 Å². The van der Waals surface area contributed by atoms with Crippen LogP contribution in [0.3, 0.4) is 0 Å². The van der Waals surface area contributed by atoms with Gasteiger partial charge in [-0.1, -0.05) is 34.9 Å². The van der Waals surface area contributed by atoms with Crippen LogP contribution in [0.25, 0.3) is 10.4 Å². The number of carbonyl (C=O) groups excluding carboxylic acids is 2. The predicted octanol–water partition coefficient (Wildman–Crippen LogP) is 3.11. The minimum atomic E-state index is -3.96. The van der Waals surface area contributed by atoms with Crippen molar-refractivity contribution in [3.63, 3.8) is 0 Å². The fraction of sp³-hybridized carbons (Fsp3) is 0.364. The van der Waals surface area contributed by atoms with E-state index in [9.17, 15) is 18.0 Å². The summed E-state index contributed by atoms with van der Waals surface area (Å²) in [6.07, 6.45) is 0.0536. The molecule has 0 aliphatic heterocycles. The van der Waals surface area contributed by atoms with E-state index in [1.165, 1.54) is 19.2 Å². The molecule has 2 aromatic carbocycles. The highest BCUT2D eigenvalue weighted by Gasteiger charge is 2.16. The van der Waals surface area contributed by atoms with Crippen LogP contribution in [0.1, 0.15) is 17.5 Å². The van der Waals surface area contributed by atoms with Gasteiger partial charge in [-0.15, -0.1) is 0 Å². The molecule has 2 aromatic rings. The first kappa shape index (κ1) is 27.6. The van der Waals surface area contributed by atoms with Crippen LogP contribution >= 0.6 is 0 Å². The van der Waals surface area contributed by atoms with Crippen LogP contribution in [0, 0.1) is 6.92 Å². The maximum absolute atomic E-state index is 12.3. The van der Waals surface area contributed by atoms with E-state index in [1.54, 1.807) is 30.3 Å². The zero-order valence-corrected chi connectivity index (χ0v) is 20.1. The highest BCUT2D eigenvalue weighted by atomic mass is 32.2. The zero-order chi connectivity index (χ0) is 25.7. The van der Waals surface area contributed by atoms with Gasteiger partial charge in [-0.3, -0.25) is 13.8 Å². The molecule has 13 heteroatoms. The Morgan fingerprint density at radius 1 is 1.09 bits per heavy atom. The fourth-order valence-electron chi connectivity index (χ4n) is 2.74. The van der Waals surface area contributed by atoms with Crippen molar-refractivity contribution in [2.75, 3.05) is 38.8 Å². The van der Waals surface area contributed by atoms with Crippen LogP contribution in [0.15, 0.2) is 52.5 Å². The van der Waals surface area contributed by atoms with E-state index in [0.29, 0.717) is 5.56 Å². The summed E-state index contributed by atoms with van der Waals surface area (Å²) in [7, 11) is -2.68. The van der Waals surface area contributed by atoms with E-state index in [-0.39, 0.29) is 49.2 Å². The van der Waals surface area contributed by atoms with Crippen molar-refractivity contribution in [1.29, 1.82) is 0 Å². The molecular weight excluding hydrogens is 480 g/mol. The summed E-state index contributed by atoms with van der Waals surface area (Å²) < 4.78 is 45.4. The number of nitrogens with one attached hydrogen (secondary N) is 1. The summed E-state index contributed by atoms with van der Waals surface area (Å²) in [5.74, 6) is -0.789. The fourth-order valence-corrected chi connectivity index (χ4v) is 3.63. The Morgan fingerprint density at radius 3 is 2.51 bits per heavy atom. The number of anilines is 1. The molecule has 0 saturated heterocycles. The number of benzene rings is 2. The maximum Gasteiger partial charge on any atom is 0.307 e. The van der Waals surface area contributed by atoms with Crippen LogP contribution in [-0.2, 0) is 40.0 Å². The van der Waals surface area contributed by atoms with Gasteiger partial charge >= 0.3 is 5.97 Å². The summed E-state index contributed by atoms with van der Waals surface area (Å²) in [4.78, 5) is 26.0. The zero-order valence-electron chi connectivity index (χ0n) is 19.3. The lowest BCUT2D eigenvalue weighted by atomic mass is 10.1. The van der Waals surface area contributed by atoms with Crippen molar-refractivity contribution >= 4 is 27.7 Å². The predicted molar refractivity (Wildman–Crippen MR) is 125 cm³/mol. The lowest BCUT2D eigenvalue weighted by molar-refractivity contribution is -0.141. The van der Waals surface area contributed by atoms with Crippen LogP contribution in [-0.4, -0.2) is 53.8 Å². The van der Waals surface area contributed by atoms with Crippen molar-refractivity contribution in [3.8, 4) is 5.75 Å². The van der Waals surface area contributed by atoms with Gasteiger partial charge in [0.15, 0.2) is 0 Å². The molecule has 0 atom stereocenters. The molecule has 0 aliphatic carbocycles. The maximum atomic E-state index is 12.3. The quantitative estimate of drug-likeness (QED) is 0.102. The molecule has 1 N–H and O–H groups in total. The molecule has 2 rings (SSSR count). The van der Waals surface area contributed by atoms with E-state index in [2.05, 4.69) is 20.1 Å². The average molecular weight is 507 g/mol. The number of rotatable bonds is 14. The Balaban J connectivity index is 2.06. The van der Waals surface area contributed by atoms with Crippen molar-refractivity contribution in [2.45, 2.75) is 24.8 Å². The Bertz CT molecular complexity index is 1160. The molecule has 0 bridgehead atoms. The minimum absolute atomic E-state index is 0.0280. The van der Waals surface area contributed by atoms with Gasteiger partial charge in [-0.05, 0) is 30.7 Å². The third-order valence-electron chi connectivity index (χ3n) is 4.48. The summed E-state index contributed by atoms with van der Waals surface area (Å²) in [5.41, 5.74) is 10.1. The van der Waals surface area contributed by atoms with E-state index in [1.807, 2.05) is 6.92 Å². The van der Waals surface area contributed by atoms with Gasteiger partial charge in [0.05, 0.1) is 37.3 Å². The summed E-state index contributed by atoms with van der Waals surface area (Å²) in [6.45, 7) is 1.11. The van der Waals surface area contributed by atoms with Crippen LogP contribution in [0.5, 0.6) is 5.75 Å². The van der Waals surface area contributed by atoms with Gasteiger partial charge in [0.2, 0.25) is 5.91 Å². The van der Waals surface area contributed by atoms with Gasteiger partial charge in [0.25, 0.3) is 10.1 Å². The molecule has 0 spiro atoms. The normalized spacial score (nSPS) is 10.8. The molecule has 1 amide bonds.